The second kappa shape index (κ2) is 10.8. The van der Waals surface area contributed by atoms with Gasteiger partial charge in [0.1, 0.15) is 24.2 Å². The molecule has 0 spiro atoms. The maximum Gasteiger partial charge on any atom is 0.397 e. The first-order chi connectivity index (χ1) is 20.0. The van der Waals surface area contributed by atoms with Crippen LogP contribution in [0.3, 0.4) is 0 Å². The zero-order valence-corrected chi connectivity index (χ0v) is 24.0. The van der Waals surface area contributed by atoms with Gasteiger partial charge >= 0.3 is 6.18 Å². The Balaban J connectivity index is 1.10. The van der Waals surface area contributed by atoms with Crippen molar-refractivity contribution in [3.63, 3.8) is 0 Å². The number of anilines is 2. The molecule has 6 rings (SSSR count). The number of aromatic nitrogens is 5. The van der Waals surface area contributed by atoms with Gasteiger partial charge in [-0.1, -0.05) is 6.07 Å². The van der Waals surface area contributed by atoms with Gasteiger partial charge in [-0.15, -0.1) is 0 Å². The number of ether oxygens (including phenoxy) is 1. The lowest BCUT2D eigenvalue weighted by molar-refractivity contribution is -0.194. The number of rotatable bonds is 8. The molecule has 0 atom stereocenters. The molecule has 1 saturated carbocycles. The number of aromatic amines is 1. The molecular formula is C30H35F3N8O. The summed E-state index contributed by atoms with van der Waals surface area (Å²) in [4.78, 5) is 25.7. The average molecular weight is 581 g/mol. The van der Waals surface area contributed by atoms with E-state index >= 15 is 0 Å². The van der Waals surface area contributed by atoms with Gasteiger partial charge in [0.25, 0.3) is 0 Å². The Hall–Kier alpha value is -3.77. The van der Waals surface area contributed by atoms with Crippen molar-refractivity contribution in [3.05, 3.63) is 54.5 Å². The maximum atomic E-state index is 13.3. The number of halogens is 3. The number of hydrogen-bond acceptors (Lipinski definition) is 8. The average Bonchev–Trinajstić information content (AvgIpc) is 3.65. The van der Waals surface area contributed by atoms with E-state index in [1.54, 1.807) is 12.3 Å². The highest BCUT2D eigenvalue weighted by Gasteiger charge is 2.64. The van der Waals surface area contributed by atoms with Gasteiger partial charge in [0.15, 0.2) is 0 Å². The third kappa shape index (κ3) is 6.19. The van der Waals surface area contributed by atoms with Gasteiger partial charge in [0.05, 0.1) is 16.7 Å². The summed E-state index contributed by atoms with van der Waals surface area (Å²) in [5.41, 5.74) is 2.44. The minimum absolute atomic E-state index is 0.0794. The highest BCUT2D eigenvalue weighted by Crippen LogP contribution is 2.57. The van der Waals surface area contributed by atoms with Crippen LogP contribution in [0.2, 0.25) is 0 Å². The van der Waals surface area contributed by atoms with Gasteiger partial charge in [-0.05, 0) is 63.4 Å². The number of benzene rings is 1. The standard InChI is InChI=1S/C30H35F3N8O/c1-28(2,3)41-12-10-40(11-13-41)17-20-6-9-34-25(14-20)39-27-37-22-5-4-21(15-24(22)38-27)23-16-26(36-19-35-23)42-18-29(7-8-29)30(31,32)33/h4-6,9,14-16,19H,7-8,10-13,17-18H2,1-3H3,(H2,34,37,38,39). The van der Waals surface area contributed by atoms with Gasteiger partial charge in [-0.25, -0.2) is 19.9 Å². The molecule has 1 aromatic carbocycles. The fraction of sp³-hybridized carbons (Fsp3) is 0.467. The van der Waals surface area contributed by atoms with Crippen LogP contribution in [0.4, 0.5) is 24.9 Å². The van der Waals surface area contributed by atoms with Gasteiger partial charge in [0, 0.05) is 56.1 Å². The minimum Gasteiger partial charge on any atom is -0.477 e. The normalized spacial score (nSPS) is 17.9. The van der Waals surface area contributed by atoms with E-state index in [1.807, 2.05) is 30.3 Å². The van der Waals surface area contributed by atoms with E-state index in [0.717, 1.165) is 49.3 Å². The van der Waals surface area contributed by atoms with Crippen molar-refractivity contribution in [2.75, 3.05) is 38.1 Å². The SMILES string of the molecule is CC(C)(C)N1CCN(Cc2ccnc(Nc3nc4ccc(-c5cc(OCC6(C(F)(F)F)CC6)ncn5)cc4[nH]3)c2)CC1. The molecule has 1 aliphatic heterocycles. The van der Waals surface area contributed by atoms with E-state index in [-0.39, 0.29) is 24.3 Å². The Kier molecular flexibility index (Phi) is 7.30. The molecule has 4 heterocycles. The Morgan fingerprint density at radius 3 is 2.48 bits per heavy atom. The summed E-state index contributed by atoms with van der Waals surface area (Å²) >= 11 is 0. The van der Waals surface area contributed by atoms with Gasteiger partial charge in [-0.3, -0.25) is 9.80 Å². The molecule has 2 fully saturated rings. The van der Waals surface area contributed by atoms with Crippen molar-refractivity contribution in [2.45, 2.75) is 51.9 Å². The van der Waals surface area contributed by atoms with Crippen LogP contribution in [0.5, 0.6) is 5.88 Å². The molecule has 0 amide bonds. The second-order valence-electron chi connectivity index (χ2n) is 12.2. The molecule has 0 radical (unpaired) electrons. The van der Waals surface area contributed by atoms with Crippen molar-refractivity contribution in [3.8, 4) is 17.1 Å². The molecule has 9 nitrogen and oxygen atoms in total. The fourth-order valence-electron chi connectivity index (χ4n) is 5.27. The van der Waals surface area contributed by atoms with Crippen LogP contribution in [-0.2, 0) is 6.54 Å². The summed E-state index contributed by atoms with van der Waals surface area (Å²) in [5.74, 6) is 1.37. The van der Waals surface area contributed by atoms with Crippen LogP contribution in [0, 0.1) is 5.41 Å². The smallest absolute Gasteiger partial charge is 0.397 e. The number of H-pyrrole nitrogens is 1. The van der Waals surface area contributed by atoms with Crippen molar-refractivity contribution in [1.29, 1.82) is 0 Å². The molecule has 12 heteroatoms. The van der Waals surface area contributed by atoms with Gasteiger partial charge in [0.2, 0.25) is 11.8 Å². The molecule has 3 aromatic heterocycles. The van der Waals surface area contributed by atoms with E-state index in [2.05, 4.69) is 60.8 Å². The van der Waals surface area contributed by atoms with Crippen molar-refractivity contribution in [1.82, 2.24) is 34.7 Å². The Morgan fingerprint density at radius 2 is 1.76 bits per heavy atom. The molecule has 42 heavy (non-hydrogen) atoms. The molecular weight excluding hydrogens is 545 g/mol. The predicted molar refractivity (Wildman–Crippen MR) is 154 cm³/mol. The van der Waals surface area contributed by atoms with Crippen LogP contribution in [0.25, 0.3) is 22.3 Å². The first-order valence-electron chi connectivity index (χ1n) is 14.2. The van der Waals surface area contributed by atoms with E-state index in [9.17, 15) is 13.2 Å². The van der Waals surface area contributed by atoms with E-state index < -0.39 is 18.2 Å². The third-order valence-electron chi connectivity index (χ3n) is 8.17. The van der Waals surface area contributed by atoms with Crippen molar-refractivity contribution < 1.29 is 17.9 Å². The highest BCUT2D eigenvalue weighted by molar-refractivity contribution is 5.83. The molecule has 0 bridgehead atoms. The van der Waals surface area contributed by atoms with E-state index in [0.29, 0.717) is 17.5 Å². The fourth-order valence-corrected chi connectivity index (χ4v) is 5.27. The predicted octanol–water partition coefficient (Wildman–Crippen LogP) is 5.80. The lowest BCUT2D eigenvalue weighted by atomic mass is 10.0. The van der Waals surface area contributed by atoms with Crippen LogP contribution < -0.4 is 10.1 Å². The van der Waals surface area contributed by atoms with Crippen LogP contribution >= 0.6 is 0 Å². The van der Waals surface area contributed by atoms with Crippen LogP contribution in [-0.4, -0.2) is 79.2 Å². The molecule has 1 saturated heterocycles. The van der Waals surface area contributed by atoms with Crippen molar-refractivity contribution >= 4 is 22.8 Å². The molecule has 4 aromatic rings. The first kappa shape index (κ1) is 28.4. The quantitative estimate of drug-likeness (QED) is 0.270. The van der Waals surface area contributed by atoms with E-state index in [4.69, 9.17) is 4.74 Å². The second-order valence-corrected chi connectivity index (χ2v) is 12.2. The molecule has 2 aliphatic rings. The maximum absolute atomic E-state index is 13.3. The topological polar surface area (TPSA) is 95.1 Å². The molecule has 222 valence electrons. The third-order valence-corrected chi connectivity index (χ3v) is 8.17. The largest absolute Gasteiger partial charge is 0.477 e. The highest BCUT2D eigenvalue weighted by atomic mass is 19.4. The number of hydrogen-bond donors (Lipinski definition) is 2. The summed E-state index contributed by atoms with van der Waals surface area (Å²) in [6, 6.07) is 11.2. The number of alkyl halides is 3. The van der Waals surface area contributed by atoms with Gasteiger partial charge < -0.3 is 15.0 Å². The van der Waals surface area contributed by atoms with Crippen LogP contribution in [0.1, 0.15) is 39.2 Å². The molecule has 0 unspecified atom stereocenters. The number of imidazole rings is 1. The summed E-state index contributed by atoms with van der Waals surface area (Å²) in [7, 11) is 0. The first-order valence-corrected chi connectivity index (χ1v) is 14.2. The van der Waals surface area contributed by atoms with Gasteiger partial charge in [-0.2, -0.15) is 13.2 Å². The lowest BCUT2D eigenvalue weighted by Crippen LogP contribution is -2.53. The Bertz CT molecular complexity index is 1550. The summed E-state index contributed by atoms with van der Waals surface area (Å²) in [6.45, 7) is 11.4. The Labute approximate surface area is 242 Å². The summed E-state index contributed by atoms with van der Waals surface area (Å²) < 4.78 is 45.2. The lowest BCUT2D eigenvalue weighted by Gasteiger charge is -2.42. The molecule has 2 N–H and O–H groups in total. The number of pyridine rings is 1. The monoisotopic (exact) mass is 580 g/mol. The summed E-state index contributed by atoms with van der Waals surface area (Å²) in [5, 5.41) is 3.27. The summed E-state index contributed by atoms with van der Waals surface area (Å²) in [6.07, 6.45) is -1.02. The zero-order valence-electron chi connectivity index (χ0n) is 24.0. The number of nitrogens with one attached hydrogen (secondary N) is 2. The molecule has 1 aliphatic carbocycles. The number of piperazine rings is 1. The van der Waals surface area contributed by atoms with E-state index in [1.165, 1.54) is 11.9 Å². The van der Waals surface area contributed by atoms with Crippen LogP contribution in [0.15, 0.2) is 48.9 Å². The van der Waals surface area contributed by atoms with Crippen molar-refractivity contribution in [2.24, 2.45) is 5.41 Å². The Morgan fingerprint density at radius 1 is 0.976 bits per heavy atom. The number of nitrogens with zero attached hydrogens (tertiary/aromatic N) is 6. The minimum atomic E-state index is -4.28. The zero-order chi connectivity index (χ0) is 29.5. The number of fused-ring (bicyclic) bond motifs is 1.